The highest BCUT2D eigenvalue weighted by atomic mass is 16.5. The zero-order valence-electron chi connectivity index (χ0n) is 10.5. The molecule has 6 heteroatoms. The van der Waals surface area contributed by atoms with Crippen molar-refractivity contribution in [3.63, 3.8) is 0 Å². The van der Waals surface area contributed by atoms with Crippen molar-refractivity contribution in [2.45, 2.75) is 6.10 Å². The van der Waals surface area contributed by atoms with E-state index in [1.54, 1.807) is 13.2 Å². The van der Waals surface area contributed by atoms with Crippen molar-refractivity contribution < 1.29 is 19.4 Å². The van der Waals surface area contributed by atoms with E-state index in [-0.39, 0.29) is 29.6 Å². The third kappa shape index (κ3) is 3.61. The van der Waals surface area contributed by atoms with Crippen LogP contribution in [0.5, 0.6) is 5.75 Å². The molecule has 0 saturated heterocycles. The summed E-state index contributed by atoms with van der Waals surface area (Å²) in [7, 11) is 3.09. The number of aromatic hydroxyl groups is 1. The van der Waals surface area contributed by atoms with Gasteiger partial charge in [0.2, 0.25) is 0 Å². The van der Waals surface area contributed by atoms with Gasteiger partial charge in [-0.15, -0.1) is 0 Å². The first kappa shape index (κ1) is 14.3. The summed E-state index contributed by atoms with van der Waals surface area (Å²) >= 11 is 0. The SMILES string of the molecule is COCC(CNC(=O)c1cccc(N)c1O)OC. The van der Waals surface area contributed by atoms with Crippen LogP contribution in [0.1, 0.15) is 10.4 Å². The minimum absolute atomic E-state index is 0.141. The lowest BCUT2D eigenvalue weighted by Crippen LogP contribution is -2.35. The number of nitrogens with one attached hydrogen (secondary N) is 1. The Morgan fingerprint density at radius 1 is 1.50 bits per heavy atom. The summed E-state index contributed by atoms with van der Waals surface area (Å²) in [5.41, 5.74) is 5.82. The Labute approximate surface area is 106 Å². The third-order valence-electron chi connectivity index (χ3n) is 2.49. The summed E-state index contributed by atoms with van der Waals surface area (Å²) in [4.78, 5) is 11.8. The number of hydrogen-bond acceptors (Lipinski definition) is 5. The number of phenols is 1. The van der Waals surface area contributed by atoms with Gasteiger partial charge in [0, 0.05) is 20.8 Å². The fraction of sp³-hybridized carbons (Fsp3) is 0.417. The summed E-state index contributed by atoms with van der Waals surface area (Å²) in [5.74, 6) is -0.617. The second-order valence-electron chi connectivity index (χ2n) is 3.77. The van der Waals surface area contributed by atoms with Gasteiger partial charge < -0.3 is 25.6 Å². The van der Waals surface area contributed by atoms with Gasteiger partial charge in [0.05, 0.1) is 24.0 Å². The minimum Gasteiger partial charge on any atom is -0.505 e. The molecule has 0 aromatic heterocycles. The van der Waals surface area contributed by atoms with Crippen LogP contribution in [0.4, 0.5) is 5.69 Å². The van der Waals surface area contributed by atoms with Gasteiger partial charge in [0.15, 0.2) is 5.75 Å². The van der Waals surface area contributed by atoms with E-state index in [9.17, 15) is 9.90 Å². The van der Waals surface area contributed by atoms with Gasteiger partial charge in [-0.25, -0.2) is 0 Å². The predicted molar refractivity (Wildman–Crippen MR) is 67.5 cm³/mol. The number of nitrogen functional groups attached to an aromatic ring is 1. The molecule has 0 radical (unpaired) electrons. The standard InChI is InChI=1S/C12H18N2O4/c1-17-7-8(18-2)6-14-12(16)9-4-3-5-10(13)11(9)15/h3-5,8,15H,6-7,13H2,1-2H3,(H,14,16). The smallest absolute Gasteiger partial charge is 0.255 e. The van der Waals surface area contributed by atoms with Crippen LogP contribution in [-0.2, 0) is 9.47 Å². The number of amides is 1. The van der Waals surface area contributed by atoms with Crippen molar-refractivity contribution in [3.8, 4) is 5.75 Å². The fourth-order valence-corrected chi connectivity index (χ4v) is 1.44. The molecular weight excluding hydrogens is 236 g/mol. The Kier molecular flexibility index (Phi) is 5.41. The van der Waals surface area contributed by atoms with E-state index in [4.69, 9.17) is 15.2 Å². The first-order valence-corrected chi connectivity index (χ1v) is 5.47. The number of nitrogens with two attached hydrogens (primary N) is 1. The maximum absolute atomic E-state index is 11.8. The van der Waals surface area contributed by atoms with Crippen molar-refractivity contribution in [1.29, 1.82) is 0 Å². The molecule has 0 aliphatic rings. The summed E-state index contributed by atoms with van der Waals surface area (Å²) < 4.78 is 10.0. The second kappa shape index (κ2) is 6.83. The van der Waals surface area contributed by atoms with Gasteiger partial charge in [-0.1, -0.05) is 6.07 Å². The van der Waals surface area contributed by atoms with Crippen LogP contribution < -0.4 is 11.1 Å². The molecule has 0 fully saturated rings. The molecule has 18 heavy (non-hydrogen) atoms. The second-order valence-corrected chi connectivity index (χ2v) is 3.77. The number of benzene rings is 1. The number of methoxy groups -OCH3 is 2. The van der Waals surface area contributed by atoms with E-state index >= 15 is 0 Å². The van der Waals surface area contributed by atoms with E-state index in [0.29, 0.717) is 6.61 Å². The lowest BCUT2D eigenvalue weighted by Gasteiger charge is -2.15. The number of rotatable bonds is 6. The number of ether oxygens (including phenoxy) is 2. The molecule has 0 spiro atoms. The lowest BCUT2D eigenvalue weighted by molar-refractivity contribution is 0.0285. The molecule has 0 saturated carbocycles. The molecule has 1 unspecified atom stereocenters. The van der Waals surface area contributed by atoms with Crippen LogP contribution in [0.25, 0.3) is 0 Å². The quantitative estimate of drug-likeness (QED) is 0.503. The molecule has 100 valence electrons. The molecule has 0 aliphatic heterocycles. The Balaban J connectivity index is 2.62. The molecule has 1 aromatic carbocycles. The maximum atomic E-state index is 11.8. The normalized spacial score (nSPS) is 12.1. The Hall–Kier alpha value is -1.79. The molecule has 0 heterocycles. The molecule has 1 rings (SSSR count). The van der Waals surface area contributed by atoms with Crippen LogP contribution in [0.2, 0.25) is 0 Å². The summed E-state index contributed by atoms with van der Waals surface area (Å²) in [6.07, 6.45) is -0.234. The highest BCUT2D eigenvalue weighted by Crippen LogP contribution is 2.23. The third-order valence-corrected chi connectivity index (χ3v) is 2.49. The molecular formula is C12H18N2O4. The summed E-state index contributed by atoms with van der Waals surface area (Å²) in [6, 6.07) is 4.63. The Bertz CT molecular complexity index is 409. The molecule has 0 aliphatic carbocycles. The van der Waals surface area contributed by atoms with Gasteiger partial charge in [0.25, 0.3) is 5.91 Å². The van der Waals surface area contributed by atoms with Gasteiger partial charge >= 0.3 is 0 Å². The first-order chi connectivity index (χ1) is 8.60. The number of anilines is 1. The van der Waals surface area contributed by atoms with Crippen molar-refractivity contribution in [3.05, 3.63) is 23.8 Å². The van der Waals surface area contributed by atoms with E-state index in [1.165, 1.54) is 19.2 Å². The number of phenolic OH excluding ortho intramolecular Hbond substituents is 1. The zero-order valence-corrected chi connectivity index (χ0v) is 10.5. The molecule has 0 bridgehead atoms. The molecule has 1 aromatic rings. The molecule has 4 N–H and O–H groups in total. The van der Waals surface area contributed by atoms with Crippen molar-refractivity contribution in [1.82, 2.24) is 5.32 Å². The van der Waals surface area contributed by atoms with Crippen LogP contribution in [0, 0.1) is 0 Å². The average molecular weight is 254 g/mol. The van der Waals surface area contributed by atoms with Gasteiger partial charge in [-0.3, -0.25) is 4.79 Å². The molecule has 6 nitrogen and oxygen atoms in total. The maximum Gasteiger partial charge on any atom is 0.255 e. The van der Waals surface area contributed by atoms with Gasteiger partial charge in [-0.2, -0.15) is 0 Å². The largest absolute Gasteiger partial charge is 0.505 e. The first-order valence-electron chi connectivity index (χ1n) is 5.47. The predicted octanol–water partition coefficient (Wildman–Crippen LogP) is 0.366. The van der Waals surface area contributed by atoms with E-state index in [0.717, 1.165) is 0 Å². The topological polar surface area (TPSA) is 93.8 Å². The fourth-order valence-electron chi connectivity index (χ4n) is 1.44. The number of carbonyl (C=O) groups excluding carboxylic acids is 1. The van der Waals surface area contributed by atoms with Crippen molar-refractivity contribution in [2.24, 2.45) is 0 Å². The Morgan fingerprint density at radius 2 is 2.22 bits per heavy atom. The summed E-state index contributed by atoms with van der Waals surface area (Å²) in [5, 5.41) is 12.3. The number of para-hydroxylation sites is 1. The monoisotopic (exact) mass is 254 g/mol. The van der Waals surface area contributed by atoms with Gasteiger partial charge in [0.1, 0.15) is 0 Å². The van der Waals surface area contributed by atoms with Crippen LogP contribution in [-0.4, -0.2) is 44.5 Å². The minimum atomic E-state index is -0.405. The van der Waals surface area contributed by atoms with E-state index in [2.05, 4.69) is 5.32 Å². The van der Waals surface area contributed by atoms with E-state index in [1.807, 2.05) is 0 Å². The van der Waals surface area contributed by atoms with E-state index < -0.39 is 5.91 Å². The summed E-state index contributed by atoms with van der Waals surface area (Å²) in [6.45, 7) is 0.664. The van der Waals surface area contributed by atoms with Crippen LogP contribution in [0.3, 0.4) is 0 Å². The molecule has 1 amide bonds. The lowest BCUT2D eigenvalue weighted by atomic mass is 10.1. The van der Waals surface area contributed by atoms with Crippen LogP contribution in [0.15, 0.2) is 18.2 Å². The van der Waals surface area contributed by atoms with Crippen molar-refractivity contribution >= 4 is 11.6 Å². The Morgan fingerprint density at radius 3 is 2.83 bits per heavy atom. The number of hydrogen-bond donors (Lipinski definition) is 3. The molecule has 1 atom stereocenters. The zero-order chi connectivity index (χ0) is 13.5. The van der Waals surface area contributed by atoms with Gasteiger partial charge in [-0.05, 0) is 12.1 Å². The van der Waals surface area contributed by atoms with Crippen molar-refractivity contribution in [2.75, 3.05) is 33.1 Å². The highest BCUT2D eigenvalue weighted by Gasteiger charge is 2.14. The van der Waals surface area contributed by atoms with Crippen LogP contribution >= 0.6 is 0 Å². The number of carbonyl (C=O) groups is 1. The average Bonchev–Trinajstić information content (AvgIpc) is 2.37. The highest BCUT2D eigenvalue weighted by molar-refractivity contribution is 5.98.